The topological polar surface area (TPSA) is 39.9 Å². The highest BCUT2D eigenvalue weighted by Crippen LogP contribution is 2.09. The number of nitriles is 1. The molecule has 0 aliphatic carbocycles. The van der Waals surface area contributed by atoms with Gasteiger partial charge in [0.2, 0.25) is 0 Å². The molecule has 3 heteroatoms. The average molecular weight is 199 g/mol. The van der Waals surface area contributed by atoms with Crippen molar-refractivity contribution in [1.82, 2.24) is 9.88 Å². The van der Waals surface area contributed by atoms with Gasteiger partial charge in [-0.1, -0.05) is 6.07 Å². The summed E-state index contributed by atoms with van der Waals surface area (Å²) in [4.78, 5) is 6.02. The molecule has 0 unspecified atom stereocenters. The molecule has 3 nitrogen and oxygen atoms in total. The smallest absolute Gasteiger partial charge is 0.101 e. The van der Waals surface area contributed by atoms with Crippen molar-refractivity contribution < 1.29 is 0 Å². The van der Waals surface area contributed by atoms with E-state index in [0.717, 1.165) is 0 Å². The summed E-state index contributed by atoms with van der Waals surface area (Å²) >= 11 is 0. The SMILES string of the molecule is CN(C)C=CC=C(C#N)c1ccccn1. The van der Waals surface area contributed by atoms with Crippen molar-refractivity contribution in [3.05, 3.63) is 48.4 Å². The normalized spacial score (nSPS) is 11.4. The van der Waals surface area contributed by atoms with Crippen LogP contribution in [0, 0.1) is 11.3 Å². The highest BCUT2D eigenvalue weighted by atomic mass is 15.0. The molecule has 0 aliphatic rings. The molecule has 15 heavy (non-hydrogen) atoms. The molecule has 0 aromatic carbocycles. The van der Waals surface area contributed by atoms with Crippen LogP contribution in [0.4, 0.5) is 0 Å². The van der Waals surface area contributed by atoms with E-state index in [-0.39, 0.29) is 0 Å². The van der Waals surface area contributed by atoms with Crippen LogP contribution in [0.3, 0.4) is 0 Å². The molecule has 1 aromatic heterocycles. The van der Waals surface area contributed by atoms with Crippen LogP contribution in [0.5, 0.6) is 0 Å². The van der Waals surface area contributed by atoms with Gasteiger partial charge in [0, 0.05) is 20.3 Å². The third-order valence-corrected chi connectivity index (χ3v) is 1.71. The number of pyridine rings is 1. The molecular weight excluding hydrogens is 186 g/mol. The van der Waals surface area contributed by atoms with Gasteiger partial charge in [0.1, 0.15) is 6.07 Å². The largest absolute Gasteiger partial charge is 0.383 e. The molecule has 0 bridgehead atoms. The Kier molecular flexibility index (Phi) is 4.11. The standard InChI is InChI=1S/C12H13N3/c1-15(2)9-5-6-11(10-13)12-7-3-4-8-14-12/h3-9H,1-2H3. The van der Waals surface area contributed by atoms with Gasteiger partial charge in [-0.15, -0.1) is 0 Å². The van der Waals surface area contributed by atoms with Gasteiger partial charge in [-0.25, -0.2) is 0 Å². The lowest BCUT2D eigenvalue weighted by Gasteiger charge is -2.01. The fraction of sp³-hybridized carbons (Fsp3) is 0.167. The molecule has 0 radical (unpaired) electrons. The number of rotatable bonds is 3. The highest BCUT2D eigenvalue weighted by molar-refractivity contribution is 5.75. The Labute approximate surface area is 90.0 Å². The predicted octanol–water partition coefficient (Wildman–Crippen LogP) is 2.06. The number of nitrogens with zero attached hydrogens (tertiary/aromatic N) is 3. The second kappa shape index (κ2) is 5.61. The molecule has 0 aliphatic heterocycles. The lowest BCUT2D eigenvalue weighted by Crippen LogP contribution is -1.99. The van der Waals surface area contributed by atoms with Crippen LogP contribution >= 0.6 is 0 Å². The maximum absolute atomic E-state index is 8.94. The first kappa shape index (κ1) is 11.0. The second-order valence-corrected chi connectivity index (χ2v) is 3.21. The summed E-state index contributed by atoms with van der Waals surface area (Å²) in [5.41, 5.74) is 1.26. The highest BCUT2D eigenvalue weighted by Gasteiger charge is 1.98. The Morgan fingerprint density at radius 2 is 2.27 bits per heavy atom. The van der Waals surface area contributed by atoms with E-state index < -0.39 is 0 Å². The molecule has 0 N–H and O–H groups in total. The molecule has 0 atom stereocenters. The zero-order valence-corrected chi connectivity index (χ0v) is 8.88. The van der Waals surface area contributed by atoms with E-state index in [2.05, 4.69) is 11.1 Å². The fourth-order valence-electron chi connectivity index (χ4n) is 1.01. The molecule has 0 fully saturated rings. The van der Waals surface area contributed by atoms with Crippen molar-refractivity contribution in [2.45, 2.75) is 0 Å². The van der Waals surface area contributed by atoms with Gasteiger partial charge in [0.25, 0.3) is 0 Å². The van der Waals surface area contributed by atoms with Crippen LogP contribution in [0.15, 0.2) is 42.7 Å². The Morgan fingerprint density at radius 3 is 2.80 bits per heavy atom. The van der Waals surface area contributed by atoms with Crippen LogP contribution in [-0.2, 0) is 0 Å². The van der Waals surface area contributed by atoms with Crippen molar-refractivity contribution in [2.75, 3.05) is 14.1 Å². The van der Waals surface area contributed by atoms with E-state index >= 15 is 0 Å². The third-order valence-electron chi connectivity index (χ3n) is 1.71. The van der Waals surface area contributed by atoms with Gasteiger partial charge in [-0.05, 0) is 30.5 Å². The Morgan fingerprint density at radius 1 is 1.47 bits per heavy atom. The van der Waals surface area contributed by atoms with Crippen molar-refractivity contribution in [3.8, 4) is 6.07 Å². The summed E-state index contributed by atoms with van der Waals surface area (Å²) in [5, 5.41) is 8.94. The van der Waals surface area contributed by atoms with Crippen LogP contribution in [0.25, 0.3) is 5.57 Å². The van der Waals surface area contributed by atoms with Gasteiger partial charge in [0.05, 0.1) is 11.3 Å². The fourth-order valence-corrected chi connectivity index (χ4v) is 1.01. The molecular formula is C12H13N3. The Hall–Kier alpha value is -2.08. The van der Waals surface area contributed by atoms with E-state index in [4.69, 9.17) is 5.26 Å². The van der Waals surface area contributed by atoms with Gasteiger partial charge >= 0.3 is 0 Å². The van der Waals surface area contributed by atoms with Crippen LogP contribution < -0.4 is 0 Å². The first-order valence-corrected chi connectivity index (χ1v) is 4.60. The minimum absolute atomic E-state index is 0.564. The van der Waals surface area contributed by atoms with Gasteiger partial charge < -0.3 is 4.90 Å². The molecule has 0 saturated carbocycles. The van der Waals surface area contributed by atoms with E-state index in [9.17, 15) is 0 Å². The Bertz CT molecular complexity index is 397. The molecule has 1 rings (SSSR count). The third kappa shape index (κ3) is 3.65. The average Bonchev–Trinajstić information content (AvgIpc) is 2.25. The zero-order valence-electron chi connectivity index (χ0n) is 8.88. The number of hydrogen-bond acceptors (Lipinski definition) is 3. The lowest BCUT2D eigenvalue weighted by molar-refractivity contribution is 0.564. The molecule has 0 spiro atoms. The molecule has 1 heterocycles. The first-order chi connectivity index (χ1) is 7.24. The zero-order chi connectivity index (χ0) is 11.1. The van der Waals surface area contributed by atoms with Crippen molar-refractivity contribution in [3.63, 3.8) is 0 Å². The van der Waals surface area contributed by atoms with Gasteiger partial charge in [-0.3, -0.25) is 4.98 Å². The van der Waals surface area contributed by atoms with Gasteiger partial charge in [0.15, 0.2) is 0 Å². The van der Waals surface area contributed by atoms with E-state index in [1.165, 1.54) is 0 Å². The summed E-state index contributed by atoms with van der Waals surface area (Å²) in [7, 11) is 3.86. The number of allylic oxidation sites excluding steroid dienone is 3. The quantitative estimate of drug-likeness (QED) is 0.552. The minimum atomic E-state index is 0.564. The van der Waals surface area contributed by atoms with Gasteiger partial charge in [-0.2, -0.15) is 5.26 Å². The summed E-state index contributed by atoms with van der Waals surface area (Å²) < 4.78 is 0. The molecule has 1 aromatic rings. The summed E-state index contributed by atoms with van der Waals surface area (Å²) in [6, 6.07) is 7.63. The Balaban J connectivity index is 2.87. The molecule has 0 amide bonds. The van der Waals surface area contributed by atoms with Crippen molar-refractivity contribution in [2.24, 2.45) is 0 Å². The van der Waals surface area contributed by atoms with E-state index in [1.54, 1.807) is 12.3 Å². The summed E-state index contributed by atoms with van der Waals surface area (Å²) in [6.45, 7) is 0. The van der Waals surface area contributed by atoms with Crippen LogP contribution in [-0.4, -0.2) is 24.0 Å². The van der Waals surface area contributed by atoms with Crippen molar-refractivity contribution in [1.29, 1.82) is 5.26 Å². The lowest BCUT2D eigenvalue weighted by atomic mass is 10.2. The van der Waals surface area contributed by atoms with E-state index in [0.29, 0.717) is 11.3 Å². The molecule has 0 saturated heterocycles. The monoisotopic (exact) mass is 199 g/mol. The van der Waals surface area contributed by atoms with Crippen molar-refractivity contribution >= 4 is 5.57 Å². The van der Waals surface area contributed by atoms with Crippen LogP contribution in [0.2, 0.25) is 0 Å². The van der Waals surface area contributed by atoms with E-state index in [1.807, 2.05) is 49.5 Å². The minimum Gasteiger partial charge on any atom is -0.383 e. The predicted molar refractivity (Wildman–Crippen MR) is 60.7 cm³/mol. The summed E-state index contributed by atoms with van der Waals surface area (Å²) in [6.07, 6.45) is 7.13. The number of hydrogen-bond donors (Lipinski definition) is 0. The maximum atomic E-state index is 8.94. The second-order valence-electron chi connectivity index (χ2n) is 3.21. The first-order valence-electron chi connectivity index (χ1n) is 4.60. The molecule has 76 valence electrons. The van der Waals surface area contributed by atoms with Crippen LogP contribution in [0.1, 0.15) is 5.69 Å². The maximum Gasteiger partial charge on any atom is 0.101 e. The number of aromatic nitrogens is 1. The summed E-state index contributed by atoms with van der Waals surface area (Å²) in [5.74, 6) is 0.